The smallest absolute Gasteiger partial charge is 0.287 e. The molecule has 2 aromatic heterocycles. The summed E-state index contributed by atoms with van der Waals surface area (Å²) in [6.07, 6.45) is 1.48. The van der Waals surface area contributed by atoms with Crippen molar-refractivity contribution in [3.05, 3.63) is 35.8 Å². The lowest BCUT2D eigenvalue weighted by Crippen LogP contribution is -2.32. The number of hydrogen-bond acceptors (Lipinski definition) is 6. The number of hydrogen-bond donors (Lipinski definition) is 2. The molecular formula is C19H22F2N4O3. The summed E-state index contributed by atoms with van der Waals surface area (Å²) in [5, 5.41) is 5.67. The molecule has 0 saturated carbocycles. The Morgan fingerprint density at radius 1 is 1.36 bits per heavy atom. The topological polar surface area (TPSA) is 85.4 Å². The number of alkyl halides is 2. The van der Waals surface area contributed by atoms with Gasteiger partial charge in [0.15, 0.2) is 5.75 Å². The first-order chi connectivity index (χ1) is 13.2. The lowest BCUT2D eigenvalue weighted by atomic mass is 10.1. The maximum atomic E-state index is 13.7. The van der Waals surface area contributed by atoms with E-state index in [1.54, 1.807) is 19.1 Å². The number of ether oxygens (including phenoxy) is 2. The Labute approximate surface area is 161 Å². The maximum Gasteiger partial charge on any atom is 0.287 e. The van der Waals surface area contributed by atoms with E-state index in [4.69, 9.17) is 9.47 Å². The molecule has 150 valence electrons. The minimum atomic E-state index is -3.06. The van der Waals surface area contributed by atoms with Crippen molar-refractivity contribution < 1.29 is 23.0 Å². The number of pyridine rings is 2. The molecule has 9 heteroatoms. The van der Waals surface area contributed by atoms with Gasteiger partial charge in [0.1, 0.15) is 11.5 Å². The molecular weight excluding hydrogens is 370 g/mol. The van der Waals surface area contributed by atoms with E-state index in [9.17, 15) is 13.6 Å². The molecule has 28 heavy (non-hydrogen) atoms. The van der Waals surface area contributed by atoms with Crippen LogP contribution in [0.5, 0.6) is 5.75 Å². The lowest BCUT2D eigenvalue weighted by molar-refractivity contribution is -0.114. The van der Waals surface area contributed by atoms with E-state index < -0.39 is 5.92 Å². The number of anilines is 3. The van der Waals surface area contributed by atoms with Crippen LogP contribution in [0.2, 0.25) is 0 Å². The quantitative estimate of drug-likeness (QED) is 0.749. The van der Waals surface area contributed by atoms with Crippen molar-refractivity contribution in [1.82, 2.24) is 9.97 Å². The van der Waals surface area contributed by atoms with Crippen LogP contribution in [-0.4, -0.2) is 35.7 Å². The van der Waals surface area contributed by atoms with Gasteiger partial charge in [0.2, 0.25) is 5.91 Å². The van der Waals surface area contributed by atoms with Crippen molar-refractivity contribution in [3.8, 4) is 5.75 Å². The fourth-order valence-electron chi connectivity index (χ4n) is 2.61. The van der Waals surface area contributed by atoms with Crippen molar-refractivity contribution in [3.63, 3.8) is 0 Å². The number of rotatable bonds is 7. The summed E-state index contributed by atoms with van der Waals surface area (Å²) in [5.41, 5.74) is 1.04. The largest absolute Gasteiger partial charge is 0.489 e. The van der Waals surface area contributed by atoms with Crippen molar-refractivity contribution in [1.29, 1.82) is 0 Å². The molecule has 1 aliphatic heterocycles. The normalized spacial score (nSPS) is 14.3. The van der Waals surface area contributed by atoms with Gasteiger partial charge in [-0.15, -0.1) is 0 Å². The lowest BCUT2D eigenvalue weighted by Gasteiger charge is -2.26. The molecule has 2 aromatic rings. The van der Waals surface area contributed by atoms with Gasteiger partial charge in [-0.1, -0.05) is 0 Å². The molecule has 0 bridgehead atoms. The van der Waals surface area contributed by atoms with Crippen LogP contribution in [0.25, 0.3) is 0 Å². The highest BCUT2D eigenvalue weighted by molar-refractivity contribution is 5.88. The standard InChI is InChI=1S/C19H22F2N4O3/c1-11-4-14(5-17(23-11)19(3,20)21)25-15-6-18(24-12(2)26)22-7-16(15)28-10-13-8-27-9-13/h4-7,13H,8-10H2,1-3H3,(H2,22,23,24,25,26). The maximum absolute atomic E-state index is 13.7. The van der Waals surface area contributed by atoms with Gasteiger partial charge in [0.25, 0.3) is 5.92 Å². The van der Waals surface area contributed by atoms with Crippen molar-refractivity contribution in [2.75, 3.05) is 30.5 Å². The van der Waals surface area contributed by atoms with E-state index in [1.165, 1.54) is 19.2 Å². The van der Waals surface area contributed by atoms with Gasteiger partial charge in [-0.3, -0.25) is 9.78 Å². The van der Waals surface area contributed by atoms with E-state index in [0.29, 0.717) is 54.4 Å². The van der Waals surface area contributed by atoms with Gasteiger partial charge in [-0.05, 0) is 19.1 Å². The van der Waals surface area contributed by atoms with Crippen molar-refractivity contribution >= 4 is 23.1 Å². The number of amides is 1. The van der Waals surface area contributed by atoms with Gasteiger partial charge in [0, 0.05) is 37.2 Å². The van der Waals surface area contributed by atoms with Crippen molar-refractivity contribution in [2.24, 2.45) is 5.92 Å². The fraction of sp³-hybridized carbons (Fsp3) is 0.421. The van der Waals surface area contributed by atoms with Crippen LogP contribution in [0.3, 0.4) is 0 Å². The first-order valence-electron chi connectivity index (χ1n) is 8.83. The average molecular weight is 392 g/mol. The van der Waals surface area contributed by atoms with Gasteiger partial charge >= 0.3 is 0 Å². The van der Waals surface area contributed by atoms with E-state index in [1.807, 2.05) is 0 Å². The second-order valence-corrected chi connectivity index (χ2v) is 6.86. The predicted octanol–water partition coefficient (Wildman–Crippen LogP) is 3.62. The Morgan fingerprint density at radius 3 is 2.71 bits per heavy atom. The molecule has 0 unspecified atom stereocenters. The molecule has 3 rings (SSSR count). The zero-order valence-corrected chi connectivity index (χ0v) is 15.9. The van der Waals surface area contributed by atoms with Crippen LogP contribution < -0.4 is 15.4 Å². The minimum absolute atomic E-state index is 0.272. The molecule has 2 N–H and O–H groups in total. The van der Waals surface area contributed by atoms with E-state index in [-0.39, 0.29) is 11.6 Å². The van der Waals surface area contributed by atoms with E-state index in [0.717, 1.165) is 6.92 Å². The molecule has 0 radical (unpaired) electrons. The highest BCUT2D eigenvalue weighted by Gasteiger charge is 2.27. The van der Waals surface area contributed by atoms with Gasteiger partial charge in [-0.2, -0.15) is 8.78 Å². The zero-order chi connectivity index (χ0) is 20.3. The third-order valence-electron chi connectivity index (χ3n) is 4.04. The van der Waals surface area contributed by atoms with Crippen LogP contribution in [0.15, 0.2) is 24.4 Å². The molecule has 0 spiro atoms. The number of nitrogens with one attached hydrogen (secondary N) is 2. The summed E-state index contributed by atoms with van der Waals surface area (Å²) in [6.45, 7) is 5.54. The molecule has 0 atom stereocenters. The first kappa shape index (κ1) is 19.9. The molecule has 3 heterocycles. The number of aryl methyl sites for hydroxylation is 1. The molecule has 0 aliphatic carbocycles. The number of carbonyl (C=O) groups excluding carboxylic acids is 1. The van der Waals surface area contributed by atoms with Crippen LogP contribution in [0.1, 0.15) is 25.2 Å². The fourth-order valence-corrected chi connectivity index (χ4v) is 2.61. The second-order valence-electron chi connectivity index (χ2n) is 6.86. The van der Waals surface area contributed by atoms with Crippen LogP contribution in [0.4, 0.5) is 26.0 Å². The van der Waals surface area contributed by atoms with Gasteiger partial charge in [-0.25, -0.2) is 4.98 Å². The van der Waals surface area contributed by atoms with Crippen LogP contribution in [0, 0.1) is 12.8 Å². The Hall–Kier alpha value is -2.81. The molecule has 1 aliphatic rings. The summed E-state index contributed by atoms with van der Waals surface area (Å²) in [4.78, 5) is 19.4. The number of carbonyl (C=O) groups is 1. The third kappa shape index (κ3) is 5.13. The summed E-state index contributed by atoms with van der Waals surface area (Å²) in [5.74, 6) is -2.27. The first-order valence-corrected chi connectivity index (χ1v) is 8.83. The number of nitrogens with zero attached hydrogens (tertiary/aromatic N) is 2. The molecule has 0 aromatic carbocycles. The Balaban J connectivity index is 1.88. The minimum Gasteiger partial charge on any atom is -0.489 e. The Morgan fingerprint density at radius 2 is 2.11 bits per heavy atom. The summed E-state index contributed by atoms with van der Waals surface area (Å²) in [6, 6.07) is 4.53. The molecule has 1 fully saturated rings. The Bertz CT molecular complexity index is 867. The summed E-state index contributed by atoms with van der Waals surface area (Å²) >= 11 is 0. The second kappa shape index (κ2) is 8.05. The van der Waals surface area contributed by atoms with Gasteiger partial charge in [0.05, 0.1) is 31.7 Å². The molecule has 1 amide bonds. The molecule has 1 saturated heterocycles. The van der Waals surface area contributed by atoms with Crippen molar-refractivity contribution in [2.45, 2.75) is 26.7 Å². The third-order valence-corrected chi connectivity index (χ3v) is 4.04. The van der Waals surface area contributed by atoms with E-state index in [2.05, 4.69) is 20.6 Å². The average Bonchev–Trinajstić information content (AvgIpc) is 2.53. The number of halogens is 2. The SMILES string of the molecule is CC(=O)Nc1cc(Nc2cc(C)nc(C(C)(F)F)c2)c(OCC2COC2)cn1. The van der Waals surface area contributed by atoms with Crippen LogP contribution in [-0.2, 0) is 15.5 Å². The van der Waals surface area contributed by atoms with Crippen LogP contribution >= 0.6 is 0 Å². The summed E-state index contributed by atoms with van der Waals surface area (Å²) in [7, 11) is 0. The number of aromatic nitrogens is 2. The Kier molecular flexibility index (Phi) is 5.73. The van der Waals surface area contributed by atoms with Gasteiger partial charge < -0.3 is 20.1 Å². The molecule has 7 nitrogen and oxygen atoms in total. The zero-order valence-electron chi connectivity index (χ0n) is 15.9. The van der Waals surface area contributed by atoms with E-state index >= 15 is 0 Å². The highest BCUT2D eigenvalue weighted by Crippen LogP contribution is 2.33. The summed E-state index contributed by atoms with van der Waals surface area (Å²) < 4.78 is 38.4. The predicted molar refractivity (Wildman–Crippen MR) is 100 cm³/mol. The highest BCUT2D eigenvalue weighted by atomic mass is 19.3. The monoisotopic (exact) mass is 392 g/mol.